The van der Waals surface area contributed by atoms with Gasteiger partial charge < -0.3 is 58.5 Å². The number of aliphatic hydroxyl groups is 4. The van der Waals surface area contributed by atoms with Crippen LogP contribution in [-0.2, 0) is 38.0 Å². The van der Waals surface area contributed by atoms with Crippen LogP contribution in [0.5, 0.6) is 0 Å². The molecule has 3 fully saturated rings. The number of ether oxygens (including phenoxy) is 7. The summed E-state index contributed by atoms with van der Waals surface area (Å²) in [6, 6.07) is -0.270. The van der Waals surface area contributed by atoms with Gasteiger partial charge in [0.25, 0.3) is 0 Å². The monoisotopic (exact) mass is 830 g/mol. The number of hydrogen-bond donors (Lipinski definition) is 4. The van der Waals surface area contributed by atoms with Gasteiger partial charge in [0.1, 0.15) is 23.9 Å². The van der Waals surface area contributed by atoms with Gasteiger partial charge in [0.05, 0.1) is 47.6 Å². The van der Waals surface area contributed by atoms with Crippen LogP contribution in [-0.4, -0.2) is 155 Å². The summed E-state index contributed by atoms with van der Waals surface area (Å²) >= 11 is 0. The number of cyclic esters (lactones) is 1. The van der Waals surface area contributed by atoms with Crippen LogP contribution in [0, 0.1) is 29.6 Å². The Bertz CT molecular complexity index is 1400. The Morgan fingerprint density at radius 1 is 0.914 bits per heavy atom. The van der Waals surface area contributed by atoms with Crippen LogP contribution in [0.25, 0.3) is 0 Å². The van der Waals surface area contributed by atoms with Gasteiger partial charge >= 0.3 is 5.97 Å². The molecule has 58 heavy (non-hydrogen) atoms. The van der Waals surface area contributed by atoms with E-state index in [0.29, 0.717) is 12.1 Å². The van der Waals surface area contributed by atoms with Gasteiger partial charge in [-0.25, -0.2) is 0 Å². The van der Waals surface area contributed by atoms with E-state index < -0.39 is 102 Å². The number of aliphatic hydroxyl groups excluding tert-OH is 3. The van der Waals surface area contributed by atoms with E-state index in [9.17, 15) is 25.2 Å². The average molecular weight is 830 g/mol. The van der Waals surface area contributed by atoms with Crippen molar-refractivity contribution in [1.82, 2.24) is 4.90 Å². The number of esters is 1. The first-order chi connectivity index (χ1) is 26.8. The van der Waals surface area contributed by atoms with Crippen molar-refractivity contribution in [2.45, 2.75) is 200 Å². The minimum Gasteiger partial charge on any atom is -0.459 e. The fourth-order valence-electron chi connectivity index (χ4n) is 9.04. The van der Waals surface area contributed by atoms with Crippen molar-refractivity contribution >= 4 is 17.4 Å². The number of nitrogens with zero attached hydrogens (tertiary/aromatic N) is 3. The van der Waals surface area contributed by atoms with Gasteiger partial charge in [0.15, 0.2) is 12.6 Å². The second-order valence-corrected chi connectivity index (χ2v) is 18.7. The zero-order valence-corrected chi connectivity index (χ0v) is 38.5. The molecule has 15 heteroatoms. The Kier molecular flexibility index (Phi) is 17.9. The molecule has 3 aliphatic heterocycles. The Morgan fingerprint density at radius 3 is 2.05 bits per heavy atom. The topological polar surface area (TPSA) is 191 Å². The highest BCUT2D eigenvalue weighted by Gasteiger charge is 2.54. The zero-order chi connectivity index (χ0) is 44.2. The highest BCUT2D eigenvalue weighted by atomic mass is 16.7. The van der Waals surface area contributed by atoms with Gasteiger partial charge in [-0.2, -0.15) is 10.2 Å². The quantitative estimate of drug-likeness (QED) is 0.138. The predicted molar refractivity (Wildman–Crippen MR) is 221 cm³/mol. The normalized spacial score (nSPS) is 46.3. The summed E-state index contributed by atoms with van der Waals surface area (Å²) in [5, 5.41) is 56.2. The van der Waals surface area contributed by atoms with E-state index in [1.54, 1.807) is 41.7 Å². The Balaban J connectivity index is 2.33. The third kappa shape index (κ3) is 11.2. The lowest BCUT2D eigenvalue weighted by atomic mass is 9.73. The molecule has 3 aliphatic rings. The van der Waals surface area contributed by atoms with Crippen LogP contribution in [0.1, 0.15) is 116 Å². The molecule has 0 amide bonds. The van der Waals surface area contributed by atoms with E-state index >= 15 is 0 Å². The van der Waals surface area contributed by atoms with Gasteiger partial charge in [0.2, 0.25) is 0 Å². The van der Waals surface area contributed by atoms with Gasteiger partial charge in [-0.05, 0) is 93.7 Å². The third-order valence-electron chi connectivity index (χ3n) is 13.5. The molecular formula is C43H79N3O12. The van der Waals surface area contributed by atoms with Crippen molar-refractivity contribution in [3.63, 3.8) is 0 Å². The summed E-state index contributed by atoms with van der Waals surface area (Å²) < 4.78 is 44.8. The lowest BCUT2D eigenvalue weighted by Gasteiger charge is -2.50. The maximum absolute atomic E-state index is 14.4. The van der Waals surface area contributed by atoms with E-state index in [1.807, 2.05) is 67.5 Å². The van der Waals surface area contributed by atoms with Crippen LogP contribution in [0.2, 0.25) is 0 Å². The van der Waals surface area contributed by atoms with Crippen molar-refractivity contribution in [3.05, 3.63) is 0 Å². The van der Waals surface area contributed by atoms with Crippen molar-refractivity contribution in [3.8, 4) is 0 Å². The number of carbonyl (C=O) groups excluding carboxylic acids is 1. The maximum Gasteiger partial charge on any atom is 0.311 e. The molecule has 4 N–H and O–H groups in total. The minimum atomic E-state index is -1.89. The van der Waals surface area contributed by atoms with Crippen LogP contribution in [0.4, 0.5) is 0 Å². The number of carbonyl (C=O) groups is 1. The average Bonchev–Trinajstić information content (AvgIpc) is 3.16. The second kappa shape index (κ2) is 20.5. The first kappa shape index (κ1) is 50.7. The van der Waals surface area contributed by atoms with Gasteiger partial charge in [0, 0.05) is 49.9 Å². The second-order valence-electron chi connectivity index (χ2n) is 18.7. The summed E-state index contributed by atoms with van der Waals surface area (Å²) in [4.78, 5) is 16.4. The maximum atomic E-state index is 14.4. The summed E-state index contributed by atoms with van der Waals surface area (Å²) in [6.07, 6.45) is -8.15. The van der Waals surface area contributed by atoms with Crippen molar-refractivity contribution in [1.29, 1.82) is 0 Å². The van der Waals surface area contributed by atoms with E-state index in [0.717, 1.165) is 5.71 Å². The number of hydrogen-bond acceptors (Lipinski definition) is 15. The predicted octanol–water partition coefficient (Wildman–Crippen LogP) is 4.34. The standard InChI is InChI=1S/C43H79N3O12/c1-18-31-43(13,51)36(48)25(6)33(45-44-28(9)22(2)3)23(4)20-42(12,53-17)38(58-40-34(47)30(46(14)15)19-24(5)54-40)26(7)35(27(8)39(50)56-31)57-32-21-41(11,52-16)37(49)29(10)55-32/h22-27,29-32,34-38,40,47-49,51H,18-21H2,1-17H3/b44-28-,45-33-/t23-,24?,25+,26+,27-,29?,30?,31-,32?,34?,35+,36-,37?,38-,40?,41?,42-,43-/m1/s1. The summed E-state index contributed by atoms with van der Waals surface area (Å²) in [6.45, 7) is 23.9. The number of likely N-dealkylation sites (N-methyl/N-ethyl adjacent to an activating group) is 1. The fraction of sp³-hybridized carbons (Fsp3) is 0.930. The van der Waals surface area contributed by atoms with Crippen molar-refractivity contribution in [2.24, 2.45) is 39.8 Å². The molecule has 18 atom stereocenters. The Morgan fingerprint density at radius 2 is 1.52 bits per heavy atom. The van der Waals surface area contributed by atoms with Crippen molar-refractivity contribution in [2.75, 3.05) is 28.3 Å². The molecule has 3 saturated heterocycles. The molecule has 0 saturated carbocycles. The lowest BCUT2D eigenvalue weighted by Crippen LogP contribution is -2.61. The first-order valence-corrected chi connectivity index (χ1v) is 21.3. The zero-order valence-electron chi connectivity index (χ0n) is 38.5. The molecule has 0 radical (unpaired) electrons. The van der Waals surface area contributed by atoms with Crippen LogP contribution < -0.4 is 0 Å². The lowest BCUT2D eigenvalue weighted by molar-refractivity contribution is -0.319. The molecule has 0 bridgehead atoms. The van der Waals surface area contributed by atoms with E-state index in [-0.39, 0.29) is 37.3 Å². The molecule has 0 spiro atoms. The molecule has 8 unspecified atom stereocenters. The van der Waals surface area contributed by atoms with Gasteiger partial charge in [-0.1, -0.05) is 41.5 Å². The summed E-state index contributed by atoms with van der Waals surface area (Å²) in [5.41, 5.74) is -2.80. The van der Waals surface area contributed by atoms with Crippen LogP contribution >= 0.6 is 0 Å². The largest absolute Gasteiger partial charge is 0.459 e. The molecular weight excluding hydrogens is 750 g/mol. The molecule has 0 aromatic carbocycles. The molecule has 15 nitrogen and oxygen atoms in total. The minimum absolute atomic E-state index is 0.114. The van der Waals surface area contributed by atoms with Crippen LogP contribution in [0.15, 0.2) is 10.2 Å². The molecule has 338 valence electrons. The number of rotatable bonds is 10. The smallest absolute Gasteiger partial charge is 0.311 e. The van der Waals surface area contributed by atoms with Gasteiger partial charge in [-0.3, -0.25) is 4.79 Å². The Hall–Kier alpha value is -1.63. The van der Waals surface area contributed by atoms with Gasteiger partial charge in [-0.15, -0.1) is 0 Å². The molecule has 0 aromatic heterocycles. The number of methoxy groups -OCH3 is 2. The SMILES string of the molecule is CC[C@H]1OC(=O)[C@H](C)[C@@H](OC2CC(C)(OC)C(O)C(C)O2)[C@H](C)[C@@H](OC2OC(C)CC(N(C)C)C2O)[C@](C)(OC)C[C@@H](C)/C(=N/N=C(/C)C(C)C)[C@H](C)[C@@H](O)[C@]1(C)O. The highest BCUT2D eigenvalue weighted by molar-refractivity contribution is 5.91. The Labute approximate surface area is 348 Å². The third-order valence-corrected chi connectivity index (χ3v) is 13.5. The fourth-order valence-corrected chi connectivity index (χ4v) is 9.04. The highest BCUT2D eigenvalue weighted by Crippen LogP contribution is 2.42. The van der Waals surface area contributed by atoms with Crippen LogP contribution in [0.3, 0.4) is 0 Å². The molecule has 0 aliphatic carbocycles. The summed E-state index contributed by atoms with van der Waals surface area (Å²) in [7, 11) is 6.91. The molecule has 3 heterocycles. The first-order valence-electron chi connectivity index (χ1n) is 21.3. The van der Waals surface area contributed by atoms with E-state index in [2.05, 4.69) is 5.10 Å². The van der Waals surface area contributed by atoms with E-state index in [4.69, 9.17) is 38.3 Å². The summed E-state index contributed by atoms with van der Waals surface area (Å²) in [5.74, 6) is -3.38. The molecule has 3 rings (SSSR count). The molecule has 0 aromatic rings. The van der Waals surface area contributed by atoms with Crippen molar-refractivity contribution < 1.29 is 58.4 Å². The van der Waals surface area contributed by atoms with E-state index in [1.165, 1.54) is 14.0 Å².